The highest BCUT2D eigenvalue weighted by molar-refractivity contribution is 7.89. The molecule has 0 aliphatic carbocycles. The molecule has 0 saturated carbocycles. The lowest BCUT2D eigenvalue weighted by atomic mass is 9.99. The quantitative estimate of drug-likeness (QED) is 0.646. The minimum Gasteiger partial charge on any atom is -0.490 e. The van der Waals surface area contributed by atoms with Gasteiger partial charge in [0.05, 0.1) is 36.4 Å². The fraction of sp³-hybridized carbons (Fsp3) is 0.478. The second kappa shape index (κ2) is 9.96. The highest BCUT2D eigenvalue weighted by Crippen LogP contribution is 2.26. The third-order valence-electron chi connectivity index (χ3n) is 6.13. The van der Waals surface area contributed by atoms with Crippen molar-refractivity contribution < 1.29 is 18.3 Å². The number of hydrogen-bond acceptors (Lipinski definition) is 7. The van der Waals surface area contributed by atoms with Crippen LogP contribution in [0.25, 0.3) is 0 Å². The smallest absolute Gasteiger partial charge is 0.216 e. The molecule has 170 valence electrons. The van der Waals surface area contributed by atoms with Gasteiger partial charge in [0.2, 0.25) is 10.0 Å². The number of pyridine rings is 1. The van der Waals surface area contributed by atoms with Crippen LogP contribution in [-0.4, -0.2) is 59.8 Å². The van der Waals surface area contributed by atoms with Gasteiger partial charge in [0, 0.05) is 32.7 Å². The van der Waals surface area contributed by atoms with Crippen LogP contribution >= 0.6 is 0 Å². The minimum absolute atomic E-state index is 0.213. The minimum atomic E-state index is -3.38. The van der Waals surface area contributed by atoms with Crippen molar-refractivity contribution in [2.45, 2.75) is 32.5 Å². The molecule has 1 fully saturated rings. The molecular formula is C23H28N4O4S. The van der Waals surface area contributed by atoms with Gasteiger partial charge in [-0.3, -0.25) is 9.88 Å². The predicted octanol–water partition coefficient (Wildman–Crippen LogP) is 1.88. The van der Waals surface area contributed by atoms with Crippen LogP contribution in [0.15, 0.2) is 36.5 Å². The summed E-state index contributed by atoms with van der Waals surface area (Å²) >= 11 is 0. The summed E-state index contributed by atoms with van der Waals surface area (Å²) in [5.41, 5.74) is 3.98. The van der Waals surface area contributed by atoms with Gasteiger partial charge in [-0.05, 0) is 36.0 Å². The molecule has 0 atom stereocenters. The van der Waals surface area contributed by atoms with Gasteiger partial charge in [-0.2, -0.15) is 5.26 Å². The summed E-state index contributed by atoms with van der Waals surface area (Å²) in [6, 6.07) is 12.4. The fourth-order valence-corrected chi connectivity index (χ4v) is 5.58. The second-order valence-electron chi connectivity index (χ2n) is 8.39. The highest BCUT2D eigenvalue weighted by atomic mass is 32.2. The summed E-state index contributed by atoms with van der Waals surface area (Å²) in [5, 5.41) is 18.5. The van der Waals surface area contributed by atoms with Crippen LogP contribution in [0.5, 0.6) is 5.75 Å². The number of fused-ring (bicyclic) bond motifs is 1. The van der Waals surface area contributed by atoms with E-state index in [0.717, 1.165) is 18.8 Å². The largest absolute Gasteiger partial charge is 0.490 e. The summed E-state index contributed by atoms with van der Waals surface area (Å²) in [6.45, 7) is 3.34. The number of aliphatic hydroxyl groups excluding tert-OH is 1. The van der Waals surface area contributed by atoms with E-state index in [2.05, 4.69) is 40.2 Å². The Morgan fingerprint density at radius 3 is 2.50 bits per heavy atom. The van der Waals surface area contributed by atoms with Gasteiger partial charge in [0.15, 0.2) is 5.75 Å². The lowest BCUT2D eigenvalue weighted by Crippen LogP contribution is -2.41. The van der Waals surface area contributed by atoms with Crippen LogP contribution < -0.4 is 4.74 Å². The van der Waals surface area contributed by atoms with Crippen molar-refractivity contribution in [2.75, 3.05) is 32.1 Å². The van der Waals surface area contributed by atoms with Crippen molar-refractivity contribution in [3.63, 3.8) is 0 Å². The first kappa shape index (κ1) is 22.7. The first-order valence-corrected chi connectivity index (χ1v) is 12.5. The van der Waals surface area contributed by atoms with E-state index in [-0.39, 0.29) is 18.3 Å². The monoisotopic (exact) mass is 456 g/mol. The van der Waals surface area contributed by atoms with Crippen molar-refractivity contribution in [3.05, 3.63) is 58.9 Å². The molecule has 2 aliphatic rings. The zero-order valence-electron chi connectivity index (χ0n) is 18.0. The molecule has 0 amide bonds. The Kier molecular flexibility index (Phi) is 7.06. The van der Waals surface area contributed by atoms with Crippen molar-refractivity contribution in [3.8, 4) is 11.8 Å². The number of piperidine rings is 1. The number of hydrogen-bond donors (Lipinski definition) is 1. The van der Waals surface area contributed by atoms with Gasteiger partial charge in [-0.25, -0.2) is 12.7 Å². The molecule has 0 radical (unpaired) electrons. The Balaban J connectivity index is 1.30. The summed E-state index contributed by atoms with van der Waals surface area (Å²) in [6.07, 6.45) is 3.00. The zero-order valence-corrected chi connectivity index (χ0v) is 18.8. The van der Waals surface area contributed by atoms with Crippen molar-refractivity contribution in [2.24, 2.45) is 5.92 Å². The molecule has 3 heterocycles. The van der Waals surface area contributed by atoms with Crippen LogP contribution in [0, 0.1) is 17.2 Å². The van der Waals surface area contributed by atoms with E-state index in [1.165, 1.54) is 15.4 Å². The van der Waals surface area contributed by atoms with Gasteiger partial charge in [-0.1, -0.05) is 24.3 Å². The van der Waals surface area contributed by atoms with E-state index in [1.807, 2.05) is 0 Å². The Hall–Kier alpha value is -2.51. The first-order chi connectivity index (χ1) is 15.5. The third-order valence-corrected chi connectivity index (χ3v) is 7.98. The van der Waals surface area contributed by atoms with Gasteiger partial charge < -0.3 is 9.84 Å². The molecule has 32 heavy (non-hydrogen) atoms. The summed E-state index contributed by atoms with van der Waals surface area (Å²) in [5.74, 6) is 0.447. The number of aromatic nitrogens is 1. The molecule has 9 heteroatoms. The molecule has 2 aromatic rings. The lowest BCUT2D eigenvalue weighted by molar-refractivity contribution is 0.184. The maximum atomic E-state index is 12.1. The van der Waals surface area contributed by atoms with E-state index >= 15 is 0 Å². The number of sulfonamides is 1. The summed E-state index contributed by atoms with van der Waals surface area (Å²) in [4.78, 5) is 6.81. The molecule has 0 spiro atoms. The van der Waals surface area contributed by atoms with E-state index in [9.17, 15) is 13.7 Å². The maximum Gasteiger partial charge on any atom is 0.216 e. The number of aliphatic hydroxyl groups is 1. The molecule has 2 aliphatic heterocycles. The van der Waals surface area contributed by atoms with Crippen molar-refractivity contribution >= 4 is 10.0 Å². The standard InChI is InChI=1S/C23H28N4O4S/c24-12-21-11-22(16-26-14-19-3-1-2-4-20(19)15-26)25-13-23(21)31-17-18-5-7-27(8-6-18)32(29,30)10-9-28/h1-4,11,13,18,28H,5-10,14-17H2. The Morgan fingerprint density at radius 1 is 1.19 bits per heavy atom. The van der Waals surface area contributed by atoms with Gasteiger partial charge in [0.1, 0.15) is 6.07 Å². The third kappa shape index (κ3) is 5.27. The number of benzene rings is 1. The van der Waals surface area contributed by atoms with Crippen LogP contribution in [0.3, 0.4) is 0 Å². The topological polar surface area (TPSA) is 107 Å². The highest BCUT2D eigenvalue weighted by Gasteiger charge is 2.28. The van der Waals surface area contributed by atoms with E-state index in [1.54, 1.807) is 12.3 Å². The van der Waals surface area contributed by atoms with Crippen molar-refractivity contribution in [1.82, 2.24) is 14.2 Å². The van der Waals surface area contributed by atoms with Crippen LogP contribution in [-0.2, 0) is 29.7 Å². The van der Waals surface area contributed by atoms with Gasteiger partial charge in [0.25, 0.3) is 0 Å². The SMILES string of the molecule is N#Cc1cc(CN2Cc3ccccc3C2)ncc1OCC1CCN(S(=O)(=O)CCO)CC1. The second-order valence-corrected chi connectivity index (χ2v) is 10.5. The summed E-state index contributed by atoms with van der Waals surface area (Å²) < 4.78 is 31.5. The molecule has 4 rings (SSSR count). The molecular weight excluding hydrogens is 428 g/mol. The molecule has 1 saturated heterocycles. The Morgan fingerprint density at radius 2 is 1.88 bits per heavy atom. The number of rotatable bonds is 8. The molecule has 0 unspecified atom stereocenters. The molecule has 1 aromatic carbocycles. The van der Waals surface area contributed by atoms with Crippen LogP contribution in [0.4, 0.5) is 0 Å². The Labute approximate surface area is 189 Å². The number of ether oxygens (including phenoxy) is 1. The van der Waals surface area contributed by atoms with E-state index in [4.69, 9.17) is 9.84 Å². The molecule has 8 nitrogen and oxygen atoms in total. The number of nitrogens with zero attached hydrogens (tertiary/aromatic N) is 4. The average Bonchev–Trinajstić information content (AvgIpc) is 3.20. The molecule has 1 aromatic heterocycles. The van der Waals surface area contributed by atoms with E-state index < -0.39 is 10.0 Å². The van der Waals surface area contributed by atoms with Crippen LogP contribution in [0.2, 0.25) is 0 Å². The Bertz CT molecular complexity index is 1070. The fourth-order valence-electron chi connectivity index (χ4n) is 4.33. The normalized spacial score (nSPS) is 17.8. The average molecular weight is 457 g/mol. The van der Waals surface area contributed by atoms with Crippen molar-refractivity contribution in [1.29, 1.82) is 5.26 Å². The van der Waals surface area contributed by atoms with Gasteiger partial charge >= 0.3 is 0 Å². The maximum absolute atomic E-state index is 12.1. The number of nitriles is 1. The molecule has 1 N–H and O–H groups in total. The summed E-state index contributed by atoms with van der Waals surface area (Å²) in [7, 11) is -3.38. The van der Waals surface area contributed by atoms with Crippen LogP contribution in [0.1, 0.15) is 35.2 Å². The van der Waals surface area contributed by atoms with E-state index in [0.29, 0.717) is 50.4 Å². The predicted molar refractivity (Wildman–Crippen MR) is 119 cm³/mol. The molecule has 0 bridgehead atoms. The zero-order chi connectivity index (χ0) is 22.6. The first-order valence-electron chi connectivity index (χ1n) is 10.9. The lowest BCUT2D eigenvalue weighted by Gasteiger charge is -2.31. The van der Waals surface area contributed by atoms with Gasteiger partial charge in [-0.15, -0.1) is 0 Å².